The average molecular weight is 596 g/mol. The normalized spacial score (nSPS) is 18.6. The van der Waals surface area contributed by atoms with Gasteiger partial charge in [-0.15, -0.1) is 0 Å². The number of carbonyl (C=O) groups is 1. The van der Waals surface area contributed by atoms with Crippen molar-refractivity contribution < 1.29 is 22.6 Å². The fourth-order valence-electron chi connectivity index (χ4n) is 4.66. The molecule has 0 unspecified atom stereocenters. The summed E-state index contributed by atoms with van der Waals surface area (Å²) in [4.78, 5) is 26.1. The SMILES string of the molecule is CC(C)(C)[Si](C)(C)OC[C@H](c1ccccc1)N1C[C@@](Cc2ccccc2)(NS(=O)(=O)c2ccc([N+](=O)[O-])cc2)C1=O. The molecular weight excluding hydrogens is 558 g/mol. The third-order valence-corrected chi connectivity index (χ3v) is 14.2. The molecule has 0 aliphatic carbocycles. The predicted octanol–water partition coefficient (Wildman–Crippen LogP) is 5.46. The van der Waals surface area contributed by atoms with Crippen LogP contribution in [0, 0.1) is 10.1 Å². The number of amides is 1. The van der Waals surface area contributed by atoms with Crippen LogP contribution in [0.3, 0.4) is 0 Å². The van der Waals surface area contributed by atoms with Gasteiger partial charge in [0.2, 0.25) is 15.9 Å². The van der Waals surface area contributed by atoms with Gasteiger partial charge in [-0.3, -0.25) is 14.9 Å². The van der Waals surface area contributed by atoms with Gasteiger partial charge in [0.15, 0.2) is 8.32 Å². The van der Waals surface area contributed by atoms with Crippen LogP contribution in [-0.2, 0) is 25.7 Å². The van der Waals surface area contributed by atoms with Gasteiger partial charge in [0.05, 0.1) is 22.5 Å². The standard InChI is InChI=1S/C30H37N3O6SSi/c1-29(2,3)41(4,5)39-21-27(24-14-10-7-11-15-24)32-22-30(28(32)34,20-23-12-8-6-9-13-23)31-40(37,38)26-18-16-25(17-19-26)33(35)36/h6-19,27,31H,20-22H2,1-5H3/t27-,30-/m1/s1. The van der Waals surface area contributed by atoms with E-state index in [1.165, 1.54) is 12.1 Å². The summed E-state index contributed by atoms with van der Waals surface area (Å²) in [5.74, 6) is -0.348. The lowest BCUT2D eigenvalue weighted by molar-refractivity contribution is -0.384. The monoisotopic (exact) mass is 595 g/mol. The summed E-state index contributed by atoms with van der Waals surface area (Å²) < 4.78 is 36.2. The minimum Gasteiger partial charge on any atom is -0.414 e. The number of benzene rings is 3. The van der Waals surface area contributed by atoms with Crippen molar-refractivity contribution in [2.24, 2.45) is 0 Å². The van der Waals surface area contributed by atoms with Crippen LogP contribution in [0.25, 0.3) is 0 Å². The topological polar surface area (TPSA) is 119 Å². The molecule has 1 aliphatic rings. The molecule has 1 N–H and O–H groups in total. The molecule has 218 valence electrons. The van der Waals surface area contributed by atoms with Crippen molar-refractivity contribution >= 4 is 29.9 Å². The number of non-ortho nitro benzene ring substituents is 1. The van der Waals surface area contributed by atoms with Gasteiger partial charge in [0.25, 0.3) is 5.69 Å². The van der Waals surface area contributed by atoms with Crippen molar-refractivity contribution in [2.75, 3.05) is 13.2 Å². The smallest absolute Gasteiger partial charge is 0.269 e. The van der Waals surface area contributed by atoms with E-state index in [0.29, 0.717) is 6.61 Å². The van der Waals surface area contributed by atoms with E-state index >= 15 is 0 Å². The Bertz CT molecular complexity index is 1490. The second-order valence-corrected chi connectivity index (χ2v) is 18.5. The lowest BCUT2D eigenvalue weighted by Gasteiger charge is -2.52. The first-order valence-electron chi connectivity index (χ1n) is 13.5. The molecule has 3 aromatic rings. The van der Waals surface area contributed by atoms with E-state index in [2.05, 4.69) is 38.6 Å². The number of hydrogen-bond donors (Lipinski definition) is 1. The molecule has 1 saturated heterocycles. The maximum atomic E-state index is 14.1. The number of β-lactam (4-membered cyclic amide) rings is 1. The van der Waals surface area contributed by atoms with Crippen molar-refractivity contribution in [3.63, 3.8) is 0 Å². The Hall–Kier alpha value is -3.38. The Balaban J connectivity index is 1.66. The summed E-state index contributed by atoms with van der Waals surface area (Å²) in [6.45, 7) is 11.2. The molecule has 0 saturated carbocycles. The zero-order valence-electron chi connectivity index (χ0n) is 24.0. The van der Waals surface area contributed by atoms with Crippen LogP contribution in [-0.4, -0.2) is 51.2 Å². The number of nitro benzene ring substituents is 1. The Morgan fingerprint density at radius 1 is 1.00 bits per heavy atom. The second-order valence-electron chi connectivity index (χ2n) is 12.0. The highest BCUT2D eigenvalue weighted by Gasteiger charge is 2.56. The lowest BCUT2D eigenvalue weighted by atomic mass is 9.81. The number of carbonyl (C=O) groups excluding carboxylic acids is 1. The molecule has 0 spiro atoms. The van der Waals surface area contributed by atoms with Crippen LogP contribution in [0.1, 0.15) is 37.9 Å². The lowest BCUT2D eigenvalue weighted by Crippen LogP contribution is -2.75. The molecule has 1 fully saturated rings. The molecule has 1 amide bonds. The minimum atomic E-state index is -4.19. The summed E-state index contributed by atoms with van der Waals surface area (Å²) in [6.07, 6.45) is 0.153. The van der Waals surface area contributed by atoms with Crippen LogP contribution >= 0.6 is 0 Å². The molecule has 0 bridgehead atoms. The molecule has 2 atom stereocenters. The van der Waals surface area contributed by atoms with Crippen LogP contribution in [0.4, 0.5) is 5.69 Å². The Morgan fingerprint density at radius 3 is 2.07 bits per heavy atom. The zero-order valence-corrected chi connectivity index (χ0v) is 25.9. The van der Waals surface area contributed by atoms with Crippen LogP contribution < -0.4 is 4.72 Å². The highest BCUT2D eigenvalue weighted by Crippen LogP contribution is 2.40. The van der Waals surface area contributed by atoms with Gasteiger partial charge in [-0.1, -0.05) is 81.4 Å². The van der Waals surface area contributed by atoms with Crippen LogP contribution in [0.2, 0.25) is 18.1 Å². The zero-order chi connectivity index (χ0) is 30.1. The number of nitrogens with zero attached hydrogens (tertiary/aromatic N) is 2. The molecule has 11 heteroatoms. The highest BCUT2D eigenvalue weighted by atomic mass is 32.2. The van der Waals surface area contributed by atoms with E-state index in [4.69, 9.17) is 4.43 Å². The van der Waals surface area contributed by atoms with Gasteiger partial charge in [-0.25, -0.2) is 8.42 Å². The summed E-state index contributed by atoms with van der Waals surface area (Å²) in [7, 11) is -6.33. The van der Waals surface area contributed by atoms with Gasteiger partial charge >= 0.3 is 0 Å². The molecule has 41 heavy (non-hydrogen) atoms. The molecule has 4 rings (SSSR count). The van der Waals surface area contributed by atoms with E-state index < -0.39 is 34.8 Å². The van der Waals surface area contributed by atoms with Crippen molar-refractivity contribution in [1.29, 1.82) is 0 Å². The Morgan fingerprint density at radius 2 is 1.56 bits per heavy atom. The van der Waals surface area contributed by atoms with Crippen molar-refractivity contribution in [2.45, 2.75) is 61.8 Å². The van der Waals surface area contributed by atoms with E-state index in [0.717, 1.165) is 23.3 Å². The van der Waals surface area contributed by atoms with Crippen molar-refractivity contribution in [3.8, 4) is 0 Å². The summed E-state index contributed by atoms with van der Waals surface area (Å²) in [5, 5.41) is 11.0. The fourth-order valence-corrected chi connectivity index (χ4v) is 7.02. The van der Waals surface area contributed by atoms with Crippen molar-refractivity contribution in [3.05, 3.63) is 106 Å². The molecule has 0 radical (unpaired) electrons. The number of nitro groups is 1. The first-order valence-corrected chi connectivity index (χ1v) is 17.9. The number of hydrogen-bond acceptors (Lipinski definition) is 6. The van der Waals surface area contributed by atoms with Gasteiger partial charge < -0.3 is 9.33 Å². The van der Waals surface area contributed by atoms with Crippen LogP contribution in [0.5, 0.6) is 0 Å². The van der Waals surface area contributed by atoms with Crippen molar-refractivity contribution in [1.82, 2.24) is 9.62 Å². The van der Waals surface area contributed by atoms with Gasteiger partial charge in [0.1, 0.15) is 5.54 Å². The van der Waals surface area contributed by atoms with E-state index in [1.54, 1.807) is 4.90 Å². The molecule has 1 heterocycles. The highest BCUT2D eigenvalue weighted by molar-refractivity contribution is 7.89. The second kappa shape index (κ2) is 11.5. The Kier molecular flexibility index (Phi) is 8.56. The minimum absolute atomic E-state index is 0.0232. The largest absolute Gasteiger partial charge is 0.414 e. The molecule has 3 aromatic carbocycles. The first-order chi connectivity index (χ1) is 19.2. The fraction of sp³-hybridized carbons (Fsp3) is 0.367. The molecule has 1 aliphatic heterocycles. The molecular formula is C30H37N3O6SSi. The maximum absolute atomic E-state index is 14.1. The maximum Gasteiger partial charge on any atom is 0.269 e. The predicted molar refractivity (Wildman–Crippen MR) is 160 cm³/mol. The van der Waals surface area contributed by atoms with E-state index in [9.17, 15) is 23.3 Å². The Labute approximate surface area is 242 Å². The number of nitrogens with one attached hydrogen (secondary N) is 1. The molecule has 0 aromatic heterocycles. The summed E-state index contributed by atoms with van der Waals surface area (Å²) in [6, 6.07) is 23.1. The number of sulfonamides is 1. The third-order valence-electron chi connectivity index (χ3n) is 8.12. The number of rotatable bonds is 11. The quantitative estimate of drug-likeness (QED) is 0.136. The first kappa shape index (κ1) is 30.6. The average Bonchev–Trinajstić information content (AvgIpc) is 2.92. The van der Waals surface area contributed by atoms with E-state index in [-0.39, 0.29) is 34.5 Å². The summed E-state index contributed by atoms with van der Waals surface area (Å²) >= 11 is 0. The van der Waals surface area contributed by atoms with Crippen LogP contribution in [0.15, 0.2) is 89.8 Å². The van der Waals surface area contributed by atoms with E-state index in [1.807, 2.05) is 60.7 Å². The van der Waals surface area contributed by atoms with Gasteiger partial charge in [-0.2, -0.15) is 4.72 Å². The molecule has 9 nitrogen and oxygen atoms in total. The van der Waals surface area contributed by atoms with Gasteiger partial charge in [-0.05, 0) is 41.4 Å². The third kappa shape index (κ3) is 6.59. The summed E-state index contributed by atoms with van der Waals surface area (Å²) in [5.41, 5.74) is 0.0689. The van der Waals surface area contributed by atoms with Gasteiger partial charge in [0, 0.05) is 25.1 Å². The number of likely N-dealkylation sites (tertiary alicyclic amines) is 1.